The summed E-state index contributed by atoms with van der Waals surface area (Å²) in [5.74, 6) is 1.63. The number of carbonyl (C=O) groups is 1. The predicted molar refractivity (Wildman–Crippen MR) is 98.5 cm³/mol. The van der Waals surface area contributed by atoms with Crippen molar-refractivity contribution in [2.75, 3.05) is 26.2 Å². The largest absolute Gasteiger partial charge is 0.351 e. The van der Waals surface area contributed by atoms with Crippen LogP contribution in [0.15, 0.2) is 42.5 Å². The van der Waals surface area contributed by atoms with Crippen LogP contribution in [0.1, 0.15) is 23.3 Å². The van der Waals surface area contributed by atoms with Crippen molar-refractivity contribution in [3.8, 4) is 11.3 Å². The van der Waals surface area contributed by atoms with Crippen LogP contribution in [0.25, 0.3) is 11.3 Å². The fraction of sp³-hybridized carbons (Fsp3) is 0.421. The van der Waals surface area contributed by atoms with Gasteiger partial charge in [-0.1, -0.05) is 30.3 Å². The van der Waals surface area contributed by atoms with Crippen molar-refractivity contribution in [3.05, 3.63) is 48.2 Å². The fourth-order valence-electron chi connectivity index (χ4n) is 3.90. The van der Waals surface area contributed by atoms with E-state index in [-0.39, 0.29) is 18.3 Å². The first-order chi connectivity index (χ1) is 11.3. The monoisotopic (exact) mass is 345 g/mol. The predicted octanol–water partition coefficient (Wildman–Crippen LogP) is 3.18. The minimum atomic E-state index is 0. The normalized spacial score (nSPS) is 23.2. The SMILES string of the molecule is Cl.O=C(c1ccc(-c2ccccc2)[nH]1)N1CC[C@@H]2CNC[C@@H]2CC1. The van der Waals surface area contributed by atoms with Crippen LogP contribution in [0, 0.1) is 11.8 Å². The second-order valence-corrected chi connectivity index (χ2v) is 6.70. The van der Waals surface area contributed by atoms with Gasteiger partial charge < -0.3 is 15.2 Å². The smallest absolute Gasteiger partial charge is 0.270 e. The maximum Gasteiger partial charge on any atom is 0.270 e. The van der Waals surface area contributed by atoms with Gasteiger partial charge in [0.15, 0.2) is 0 Å². The van der Waals surface area contributed by atoms with Gasteiger partial charge in [-0.15, -0.1) is 12.4 Å². The summed E-state index contributed by atoms with van der Waals surface area (Å²) >= 11 is 0. The topological polar surface area (TPSA) is 48.1 Å². The molecule has 2 saturated heterocycles. The van der Waals surface area contributed by atoms with E-state index < -0.39 is 0 Å². The van der Waals surface area contributed by atoms with Gasteiger partial charge in [0.25, 0.3) is 5.91 Å². The zero-order valence-corrected chi connectivity index (χ0v) is 14.5. The first-order valence-corrected chi connectivity index (χ1v) is 8.55. The van der Waals surface area contributed by atoms with Gasteiger partial charge in [0, 0.05) is 18.8 Å². The summed E-state index contributed by atoms with van der Waals surface area (Å²) in [4.78, 5) is 18.1. The number of aromatic nitrogens is 1. The van der Waals surface area contributed by atoms with Crippen molar-refractivity contribution < 1.29 is 4.79 Å². The molecule has 0 aliphatic carbocycles. The Kier molecular flexibility index (Phi) is 5.27. The molecule has 0 spiro atoms. The molecule has 2 fully saturated rings. The molecule has 2 aliphatic heterocycles. The van der Waals surface area contributed by atoms with Crippen LogP contribution in [0.5, 0.6) is 0 Å². The lowest BCUT2D eigenvalue weighted by atomic mass is 9.92. The van der Waals surface area contributed by atoms with Crippen LogP contribution in [0.4, 0.5) is 0 Å². The van der Waals surface area contributed by atoms with Crippen molar-refractivity contribution in [2.45, 2.75) is 12.8 Å². The molecule has 0 radical (unpaired) electrons. The summed E-state index contributed by atoms with van der Waals surface area (Å²) in [6.07, 6.45) is 2.24. The zero-order chi connectivity index (χ0) is 15.6. The molecule has 4 nitrogen and oxygen atoms in total. The van der Waals surface area contributed by atoms with Gasteiger partial charge in [-0.2, -0.15) is 0 Å². The van der Waals surface area contributed by atoms with Crippen LogP contribution < -0.4 is 5.32 Å². The van der Waals surface area contributed by atoms with Gasteiger partial charge in [0.05, 0.1) is 0 Å². The molecule has 4 rings (SSSR count). The highest BCUT2D eigenvalue weighted by Gasteiger charge is 2.31. The Bertz CT molecular complexity index is 671. The Morgan fingerprint density at radius 2 is 1.62 bits per heavy atom. The van der Waals surface area contributed by atoms with Gasteiger partial charge in [0.1, 0.15) is 5.69 Å². The number of nitrogens with zero attached hydrogens (tertiary/aromatic N) is 1. The first kappa shape index (κ1) is 17.1. The molecule has 3 heterocycles. The number of H-pyrrole nitrogens is 1. The second kappa shape index (κ2) is 7.41. The molecule has 5 heteroatoms. The standard InChI is InChI=1S/C19H23N3O.ClH/c23-19(22-10-8-15-12-20-13-16(15)9-11-22)18-7-6-17(21-18)14-4-2-1-3-5-14;/h1-7,15-16,20-21H,8-13H2;1H/t15-,16+;. The summed E-state index contributed by atoms with van der Waals surface area (Å²) < 4.78 is 0. The van der Waals surface area contributed by atoms with Crippen LogP contribution in [0.2, 0.25) is 0 Å². The Morgan fingerprint density at radius 3 is 2.29 bits per heavy atom. The third kappa shape index (κ3) is 3.35. The van der Waals surface area contributed by atoms with Gasteiger partial charge >= 0.3 is 0 Å². The summed E-state index contributed by atoms with van der Waals surface area (Å²) in [5, 5.41) is 3.48. The van der Waals surface area contributed by atoms with E-state index in [1.54, 1.807) is 0 Å². The summed E-state index contributed by atoms with van der Waals surface area (Å²) in [5.41, 5.74) is 2.82. The summed E-state index contributed by atoms with van der Waals surface area (Å²) in [6.45, 7) is 3.99. The van der Waals surface area contributed by atoms with Crippen LogP contribution in [-0.4, -0.2) is 42.0 Å². The highest BCUT2D eigenvalue weighted by atomic mass is 35.5. The molecule has 0 saturated carbocycles. The highest BCUT2D eigenvalue weighted by Crippen LogP contribution is 2.28. The molecule has 2 aliphatic rings. The van der Waals surface area contributed by atoms with Gasteiger partial charge in [-0.25, -0.2) is 0 Å². The Hall–Kier alpha value is -1.78. The number of nitrogens with one attached hydrogen (secondary N) is 2. The maximum absolute atomic E-state index is 12.8. The molecular formula is C19H24ClN3O. The van der Waals surface area contributed by atoms with Crippen molar-refractivity contribution in [2.24, 2.45) is 11.8 Å². The molecule has 1 aromatic heterocycles. The molecule has 1 amide bonds. The van der Waals surface area contributed by atoms with E-state index in [1.807, 2.05) is 35.2 Å². The highest BCUT2D eigenvalue weighted by molar-refractivity contribution is 5.93. The van der Waals surface area contributed by atoms with Crippen molar-refractivity contribution in [1.29, 1.82) is 0 Å². The van der Waals surface area contributed by atoms with E-state index >= 15 is 0 Å². The van der Waals surface area contributed by atoms with Crippen molar-refractivity contribution >= 4 is 18.3 Å². The molecular weight excluding hydrogens is 322 g/mol. The lowest BCUT2D eigenvalue weighted by Crippen LogP contribution is -2.33. The van der Waals surface area contributed by atoms with E-state index in [2.05, 4.69) is 22.4 Å². The lowest BCUT2D eigenvalue weighted by molar-refractivity contribution is 0.0753. The number of hydrogen-bond donors (Lipinski definition) is 2. The van der Waals surface area contributed by atoms with E-state index in [0.717, 1.165) is 62.1 Å². The molecule has 2 N–H and O–H groups in total. The molecule has 0 bridgehead atoms. The Morgan fingerprint density at radius 1 is 0.958 bits per heavy atom. The van der Waals surface area contributed by atoms with Crippen LogP contribution in [-0.2, 0) is 0 Å². The van der Waals surface area contributed by atoms with Crippen molar-refractivity contribution in [1.82, 2.24) is 15.2 Å². The summed E-state index contributed by atoms with van der Waals surface area (Å²) in [7, 11) is 0. The first-order valence-electron chi connectivity index (χ1n) is 8.55. The Labute approximate surface area is 149 Å². The zero-order valence-electron chi connectivity index (χ0n) is 13.7. The van der Waals surface area contributed by atoms with E-state index in [1.165, 1.54) is 0 Å². The third-order valence-electron chi connectivity index (χ3n) is 5.31. The lowest BCUT2D eigenvalue weighted by Gasteiger charge is -2.20. The van der Waals surface area contributed by atoms with Crippen LogP contribution in [0.3, 0.4) is 0 Å². The number of rotatable bonds is 2. The molecule has 2 atom stereocenters. The van der Waals surface area contributed by atoms with E-state index in [0.29, 0.717) is 5.69 Å². The number of aromatic amines is 1. The van der Waals surface area contributed by atoms with E-state index in [4.69, 9.17) is 0 Å². The Balaban J connectivity index is 0.00000169. The molecule has 2 aromatic rings. The number of likely N-dealkylation sites (tertiary alicyclic amines) is 1. The van der Waals surface area contributed by atoms with Gasteiger partial charge in [0.2, 0.25) is 0 Å². The summed E-state index contributed by atoms with van der Waals surface area (Å²) in [6, 6.07) is 14.1. The number of fused-ring (bicyclic) bond motifs is 1. The van der Waals surface area contributed by atoms with Gasteiger partial charge in [-0.3, -0.25) is 4.79 Å². The molecule has 0 unspecified atom stereocenters. The molecule has 1 aromatic carbocycles. The second-order valence-electron chi connectivity index (χ2n) is 6.70. The minimum absolute atomic E-state index is 0. The van der Waals surface area contributed by atoms with Crippen LogP contribution >= 0.6 is 12.4 Å². The number of carbonyl (C=O) groups excluding carboxylic acids is 1. The maximum atomic E-state index is 12.8. The van der Waals surface area contributed by atoms with E-state index in [9.17, 15) is 4.79 Å². The minimum Gasteiger partial charge on any atom is -0.351 e. The average molecular weight is 346 g/mol. The fourth-order valence-corrected chi connectivity index (χ4v) is 3.90. The van der Waals surface area contributed by atoms with Gasteiger partial charge in [-0.05, 0) is 55.5 Å². The quantitative estimate of drug-likeness (QED) is 0.878. The van der Waals surface area contributed by atoms with Crippen molar-refractivity contribution in [3.63, 3.8) is 0 Å². The average Bonchev–Trinajstić information content (AvgIpc) is 3.21. The third-order valence-corrected chi connectivity index (χ3v) is 5.31. The molecule has 24 heavy (non-hydrogen) atoms. The number of hydrogen-bond acceptors (Lipinski definition) is 2. The number of amides is 1. The molecule has 128 valence electrons. The number of halogens is 1. The number of benzene rings is 1.